The van der Waals surface area contributed by atoms with Gasteiger partial charge < -0.3 is 10.1 Å². The van der Waals surface area contributed by atoms with Gasteiger partial charge in [-0.3, -0.25) is 4.79 Å². The second-order valence-corrected chi connectivity index (χ2v) is 4.74. The molecule has 0 radical (unpaired) electrons. The number of alkyl halides is 1. The molecule has 0 aromatic heterocycles. The van der Waals surface area contributed by atoms with Crippen molar-refractivity contribution in [3.8, 4) is 0 Å². The number of benzene rings is 1. The Labute approximate surface area is 119 Å². The summed E-state index contributed by atoms with van der Waals surface area (Å²) in [5.74, 6) is -2.25. The summed E-state index contributed by atoms with van der Waals surface area (Å²) in [4.78, 5) is 11.7. The van der Waals surface area contributed by atoms with Gasteiger partial charge in [-0.25, -0.2) is 8.78 Å². The molecule has 0 saturated heterocycles. The summed E-state index contributed by atoms with van der Waals surface area (Å²) in [6, 6.07) is 3.71. The van der Waals surface area contributed by atoms with Crippen molar-refractivity contribution in [2.45, 2.75) is 18.9 Å². The number of carbonyl (C=O) groups is 1. The van der Waals surface area contributed by atoms with Gasteiger partial charge in [0.2, 0.25) is 5.91 Å². The van der Waals surface area contributed by atoms with E-state index < -0.39 is 11.6 Å². The largest absolute Gasteiger partial charge is 0.385 e. The maximum Gasteiger partial charge on any atom is 0.224 e. The number of rotatable bonds is 7. The molecular formula is C13H16BrF2NO2. The normalized spacial score (nSPS) is 12.2. The van der Waals surface area contributed by atoms with Gasteiger partial charge in [0, 0.05) is 30.7 Å². The first-order valence-corrected chi connectivity index (χ1v) is 6.97. The van der Waals surface area contributed by atoms with Crippen molar-refractivity contribution < 1.29 is 18.3 Å². The van der Waals surface area contributed by atoms with E-state index in [1.807, 2.05) is 0 Å². The maximum atomic E-state index is 13.4. The SMILES string of the molecule is COCCC(CBr)NC(=O)Cc1cccc(F)c1F. The number of hydrogen-bond donors (Lipinski definition) is 1. The lowest BCUT2D eigenvalue weighted by Crippen LogP contribution is -2.37. The molecule has 6 heteroatoms. The zero-order valence-corrected chi connectivity index (χ0v) is 12.2. The van der Waals surface area contributed by atoms with Crippen LogP contribution in [0.1, 0.15) is 12.0 Å². The lowest BCUT2D eigenvalue weighted by atomic mass is 10.1. The van der Waals surface area contributed by atoms with Crippen LogP contribution < -0.4 is 5.32 Å². The van der Waals surface area contributed by atoms with E-state index >= 15 is 0 Å². The maximum absolute atomic E-state index is 13.4. The Kier molecular flexibility index (Phi) is 6.94. The predicted octanol–water partition coefficient (Wildman–Crippen LogP) is 2.42. The Bertz CT molecular complexity index is 429. The van der Waals surface area contributed by atoms with Gasteiger partial charge >= 0.3 is 0 Å². The molecule has 1 aromatic rings. The molecule has 1 unspecified atom stereocenters. The Hall–Kier alpha value is -1.01. The monoisotopic (exact) mass is 335 g/mol. The molecule has 19 heavy (non-hydrogen) atoms. The molecule has 0 aliphatic carbocycles. The summed E-state index contributed by atoms with van der Waals surface area (Å²) in [5, 5.41) is 3.32. The van der Waals surface area contributed by atoms with Crippen molar-refractivity contribution in [1.29, 1.82) is 0 Å². The van der Waals surface area contributed by atoms with Gasteiger partial charge in [0.15, 0.2) is 11.6 Å². The smallest absolute Gasteiger partial charge is 0.224 e. The highest BCUT2D eigenvalue weighted by Crippen LogP contribution is 2.12. The first kappa shape index (κ1) is 16.0. The highest BCUT2D eigenvalue weighted by atomic mass is 79.9. The molecule has 0 spiro atoms. The fourth-order valence-corrected chi connectivity index (χ4v) is 2.07. The molecule has 1 N–H and O–H groups in total. The van der Waals surface area contributed by atoms with Crippen molar-refractivity contribution >= 4 is 21.8 Å². The number of amides is 1. The zero-order chi connectivity index (χ0) is 14.3. The van der Waals surface area contributed by atoms with E-state index in [2.05, 4.69) is 21.2 Å². The lowest BCUT2D eigenvalue weighted by Gasteiger charge is -2.15. The standard InChI is InChI=1S/C13H16BrF2NO2/c1-19-6-5-10(8-14)17-12(18)7-9-3-2-4-11(15)13(9)16/h2-4,10H,5-8H2,1H3,(H,17,18). The average molecular weight is 336 g/mol. The molecule has 0 heterocycles. The highest BCUT2D eigenvalue weighted by Gasteiger charge is 2.14. The van der Waals surface area contributed by atoms with E-state index in [-0.39, 0.29) is 23.9 Å². The van der Waals surface area contributed by atoms with E-state index in [9.17, 15) is 13.6 Å². The van der Waals surface area contributed by atoms with E-state index in [1.54, 1.807) is 7.11 Å². The van der Waals surface area contributed by atoms with Crippen LogP contribution in [0, 0.1) is 11.6 Å². The minimum atomic E-state index is -0.968. The molecule has 0 aliphatic rings. The third-order valence-electron chi connectivity index (χ3n) is 2.60. The third-order valence-corrected chi connectivity index (χ3v) is 3.39. The second-order valence-electron chi connectivity index (χ2n) is 4.09. The van der Waals surface area contributed by atoms with E-state index in [0.717, 1.165) is 6.07 Å². The Balaban J connectivity index is 2.56. The summed E-state index contributed by atoms with van der Waals surface area (Å²) in [6.45, 7) is 0.519. The van der Waals surface area contributed by atoms with Crippen LogP contribution in [0.4, 0.5) is 8.78 Å². The highest BCUT2D eigenvalue weighted by molar-refractivity contribution is 9.09. The fourth-order valence-electron chi connectivity index (χ4n) is 1.58. The summed E-state index contributed by atoms with van der Waals surface area (Å²) in [5.41, 5.74) is 0.0533. The van der Waals surface area contributed by atoms with Gasteiger partial charge in [-0.2, -0.15) is 0 Å². The molecule has 1 aromatic carbocycles. The van der Waals surface area contributed by atoms with Crippen molar-refractivity contribution in [2.75, 3.05) is 19.0 Å². The Morgan fingerprint density at radius 3 is 2.84 bits per heavy atom. The molecule has 1 atom stereocenters. The van der Waals surface area contributed by atoms with Gasteiger partial charge in [-0.05, 0) is 12.5 Å². The molecule has 3 nitrogen and oxygen atoms in total. The third kappa shape index (κ3) is 5.24. The van der Waals surface area contributed by atoms with Gasteiger partial charge in [0.05, 0.1) is 6.42 Å². The van der Waals surface area contributed by atoms with Gasteiger partial charge in [-0.15, -0.1) is 0 Å². The number of methoxy groups -OCH3 is 1. The minimum Gasteiger partial charge on any atom is -0.385 e. The van der Waals surface area contributed by atoms with Crippen LogP contribution >= 0.6 is 15.9 Å². The topological polar surface area (TPSA) is 38.3 Å². The lowest BCUT2D eigenvalue weighted by molar-refractivity contribution is -0.121. The molecule has 0 aliphatic heterocycles. The number of hydrogen-bond acceptors (Lipinski definition) is 2. The first-order valence-electron chi connectivity index (χ1n) is 5.85. The Morgan fingerprint density at radius 1 is 1.47 bits per heavy atom. The summed E-state index contributed by atoms with van der Waals surface area (Å²) < 4.78 is 31.3. The number of carbonyl (C=O) groups excluding carboxylic acids is 1. The van der Waals surface area contributed by atoms with Crippen molar-refractivity contribution in [2.24, 2.45) is 0 Å². The number of ether oxygens (including phenoxy) is 1. The van der Waals surface area contributed by atoms with Crippen molar-refractivity contribution in [3.05, 3.63) is 35.4 Å². The second kappa shape index (κ2) is 8.22. The minimum absolute atomic E-state index is 0.0533. The van der Waals surface area contributed by atoms with Crippen LogP contribution in [0.5, 0.6) is 0 Å². The van der Waals surface area contributed by atoms with Crippen LogP contribution in [-0.4, -0.2) is 31.0 Å². The molecule has 1 amide bonds. The summed E-state index contributed by atoms with van der Waals surface area (Å²) in [6.07, 6.45) is 0.471. The molecule has 1 rings (SSSR count). The summed E-state index contributed by atoms with van der Waals surface area (Å²) >= 11 is 3.28. The molecule has 106 valence electrons. The van der Waals surface area contributed by atoms with Crippen LogP contribution in [-0.2, 0) is 16.0 Å². The quantitative estimate of drug-likeness (QED) is 0.777. The molecule has 0 bridgehead atoms. The van der Waals surface area contributed by atoms with Gasteiger partial charge in [0.1, 0.15) is 0 Å². The van der Waals surface area contributed by atoms with E-state index in [1.165, 1.54) is 12.1 Å². The van der Waals surface area contributed by atoms with E-state index in [0.29, 0.717) is 18.4 Å². The predicted molar refractivity (Wildman–Crippen MR) is 72.3 cm³/mol. The molecular weight excluding hydrogens is 320 g/mol. The number of nitrogens with one attached hydrogen (secondary N) is 1. The van der Waals surface area contributed by atoms with Gasteiger partial charge in [-0.1, -0.05) is 28.1 Å². The molecule has 0 fully saturated rings. The zero-order valence-electron chi connectivity index (χ0n) is 10.6. The van der Waals surface area contributed by atoms with Crippen molar-refractivity contribution in [3.63, 3.8) is 0 Å². The molecule has 0 saturated carbocycles. The fraction of sp³-hybridized carbons (Fsp3) is 0.462. The van der Waals surface area contributed by atoms with E-state index in [4.69, 9.17) is 4.74 Å². The van der Waals surface area contributed by atoms with Crippen molar-refractivity contribution in [1.82, 2.24) is 5.32 Å². The first-order chi connectivity index (χ1) is 9.08. The number of halogens is 3. The average Bonchev–Trinajstić information content (AvgIpc) is 2.40. The summed E-state index contributed by atoms with van der Waals surface area (Å²) in [7, 11) is 1.58. The van der Waals surface area contributed by atoms with Crippen LogP contribution in [0.3, 0.4) is 0 Å². The Morgan fingerprint density at radius 2 is 2.21 bits per heavy atom. The van der Waals surface area contributed by atoms with Crippen LogP contribution in [0.15, 0.2) is 18.2 Å². The van der Waals surface area contributed by atoms with Crippen LogP contribution in [0.25, 0.3) is 0 Å². The van der Waals surface area contributed by atoms with Crippen LogP contribution in [0.2, 0.25) is 0 Å². The van der Waals surface area contributed by atoms with Gasteiger partial charge in [0.25, 0.3) is 0 Å².